The first-order valence-electron chi connectivity index (χ1n) is 9.13. The van der Waals surface area contributed by atoms with Crippen LogP contribution in [0.5, 0.6) is 0 Å². The number of nitro groups is 1. The predicted octanol–water partition coefficient (Wildman–Crippen LogP) is 3.84. The maximum Gasteiger partial charge on any atom is 0.433 e. The molecule has 0 atom stereocenters. The number of carbonyl (C=O) groups excluding carboxylic acids is 2. The van der Waals surface area contributed by atoms with Crippen LogP contribution in [0.2, 0.25) is 0 Å². The van der Waals surface area contributed by atoms with Gasteiger partial charge in [-0.15, -0.1) is 11.3 Å². The zero-order valence-corrected chi connectivity index (χ0v) is 17.7. The van der Waals surface area contributed by atoms with E-state index in [-0.39, 0.29) is 17.9 Å². The van der Waals surface area contributed by atoms with Gasteiger partial charge in [0.2, 0.25) is 0 Å². The van der Waals surface area contributed by atoms with Gasteiger partial charge in [0.1, 0.15) is 9.92 Å². The second kappa shape index (κ2) is 7.27. The van der Waals surface area contributed by atoms with Crippen LogP contribution in [-0.4, -0.2) is 28.9 Å². The Hall–Kier alpha value is -2.72. The summed E-state index contributed by atoms with van der Waals surface area (Å²) in [7, 11) is 0. The third kappa shape index (κ3) is 4.03. The van der Waals surface area contributed by atoms with Gasteiger partial charge in [0, 0.05) is 16.0 Å². The Morgan fingerprint density at radius 2 is 2.03 bits per heavy atom. The molecule has 0 aromatic carbocycles. The van der Waals surface area contributed by atoms with Crippen molar-refractivity contribution in [2.24, 2.45) is 0 Å². The van der Waals surface area contributed by atoms with E-state index in [1.165, 1.54) is 17.4 Å². The molecule has 1 aliphatic rings. The standard InChI is InChI=1S/C19H23N3O6S/c1-6-27-17(24)13-10-9-18(2,3)21-19(4,5)14(10)29-16(13)20-15(23)11-7-8-12(28-11)22(25)26/h7-8,21H,6,9H2,1-5H3,(H,20,23). The minimum absolute atomic E-state index is 0.201. The molecule has 156 valence electrons. The van der Waals surface area contributed by atoms with Crippen molar-refractivity contribution in [1.82, 2.24) is 5.32 Å². The molecule has 0 unspecified atom stereocenters. The molecule has 1 aliphatic heterocycles. The number of ether oxygens (including phenoxy) is 1. The number of carbonyl (C=O) groups is 2. The van der Waals surface area contributed by atoms with Gasteiger partial charge in [0.15, 0.2) is 5.76 Å². The molecule has 2 aromatic rings. The summed E-state index contributed by atoms with van der Waals surface area (Å²) in [6.07, 6.45) is 0.582. The first-order valence-corrected chi connectivity index (χ1v) is 9.95. The van der Waals surface area contributed by atoms with E-state index in [1.807, 2.05) is 27.7 Å². The van der Waals surface area contributed by atoms with Gasteiger partial charge in [0.05, 0.1) is 18.2 Å². The van der Waals surface area contributed by atoms with Gasteiger partial charge in [-0.2, -0.15) is 0 Å². The van der Waals surface area contributed by atoms with Gasteiger partial charge in [-0.25, -0.2) is 4.79 Å². The van der Waals surface area contributed by atoms with E-state index >= 15 is 0 Å². The maximum absolute atomic E-state index is 12.7. The number of anilines is 1. The Bertz CT molecular complexity index is 988. The van der Waals surface area contributed by atoms with E-state index in [0.29, 0.717) is 17.0 Å². The molecule has 0 fully saturated rings. The summed E-state index contributed by atoms with van der Waals surface area (Å²) < 4.78 is 10.2. The van der Waals surface area contributed by atoms with Gasteiger partial charge >= 0.3 is 11.9 Å². The van der Waals surface area contributed by atoms with Crippen LogP contribution in [0, 0.1) is 10.1 Å². The van der Waals surface area contributed by atoms with Crippen molar-refractivity contribution >= 4 is 34.1 Å². The van der Waals surface area contributed by atoms with Gasteiger partial charge in [-0.05, 0) is 52.7 Å². The number of esters is 1. The first-order chi connectivity index (χ1) is 13.4. The Morgan fingerprint density at radius 1 is 1.34 bits per heavy atom. The van der Waals surface area contributed by atoms with Crippen molar-refractivity contribution in [2.45, 2.75) is 52.1 Å². The van der Waals surface area contributed by atoms with Crippen LogP contribution in [0.1, 0.15) is 66.0 Å². The van der Waals surface area contributed by atoms with Crippen molar-refractivity contribution in [3.63, 3.8) is 0 Å². The molecule has 29 heavy (non-hydrogen) atoms. The Morgan fingerprint density at radius 3 is 2.62 bits per heavy atom. The number of amides is 1. The lowest BCUT2D eigenvalue weighted by molar-refractivity contribution is -0.402. The van der Waals surface area contributed by atoms with Crippen LogP contribution in [0.15, 0.2) is 16.5 Å². The molecule has 0 bridgehead atoms. The maximum atomic E-state index is 12.7. The molecule has 9 nitrogen and oxygen atoms in total. The van der Waals surface area contributed by atoms with E-state index in [9.17, 15) is 19.7 Å². The van der Waals surface area contributed by atoms with Crippen LogP contribution in [0.4, 0.5) is 10.9 Å². The highest BCUT2D eigenvalue weighted by Crippen LogP contribution is 2.45. The highest BCUT2D eigenvalue weighted by molar-refractivity contribution is 7.17. The van der Waals surface area contributed by atoms with Gasteiger partial charge in [-0.1, -0.05) is 0 Å². The summed E-state index contributed by atoms with van der Waals surface area (Å²) in [6.45, 7) is 10.0. The van der Waals surface area contributed by atoms with Gasteiger partial charge < -0.3 is 19.8 Å². The monoisotopic (exact) mass is 421 g/mol. The molecular formula is C19H23N3O6S. The first kappa shape index (κ1) is 21.0. The molecule has 2 N–H and O–H groups in total. The lowest BCUT2D eigenvalue weighted by atomic mass is 9.81. The lowest BCUT2D eigenvalue weighted by Crippen LogP contribution is -2.55. The summed E-state index contributed by atoms with van der Waals surface area (Å²) in [6, 6.07) is 2.33. The molecular weight excluding hydrogens is 398 g/mol. The second-order valence-corrected chi connectivity index (χ2v) is 9.01. The Balaban J connectivity index is 2.04. The Kier molecular flexibility index (Phi) is 5.26. The van der Waals surface area contributed by atoms with Crippen molar-refractivity contribution in [3.8, 4) is 0 Å². The fourth-order valence-corrected chi connectivity index (χ4v) is 5.01. The van der Waals surface area contributed by atoms with Crippen molar-refractivity contribution in [3.05, 3.63) is 44.0 Å². The van der Waals surface area contributed by atoms with Gasteiger partial charge in [-0.3, -0.25) is 14.9 Å². The quantitative estimate of drug-likeness (QED) is 0.427. The fourth-order valence-electron chi connectivity index (χ4n) is 3.75. The van der Waals surface area contributed by atoms with E-state index in [2.05, 4.69) is 10.6 Å². The molecule has 3 rings (SSSR count). The number of rotatable bonds is 5. The second-order valence-electron chi connectivity index (χ2n) is 7.99. The Labute approximate surface area is 171 Å². The average molecular weight is 421 g/mol. The minimum atomic E-state index is -0.721. The van der Waals surface area contributed by atoms with E-state index < -0.39 is 28.2 Å². The topological polar surface area (TPSA) is 124 Å². The number of thiophene rings is 1. The van der Waals surface area contributed by atoms with Gasteiger partial charge in [0.25, 0.3) is 5.91 Å². The summed E-state index contributed by atoms with van der Waals surface area (Å²) >= 11 is 1.29. The normalized spacial score (nSPS) is 16.7. The molecule has 10 heteroatoms. The summed E-state index contributed by atoms with van der Waals surface area (Å²) in [5.74, 6) is -1.93. The SMILES string of the molecule is CCOC(=O)c1c(NC(=O)c2ccc([N+](=O)[O-])o2)sc2c1CC(C)(C)NC2(C)C. The van der Waals surface area contributed by atoms with Crippen molar-refractivity contribution in [1.29, 1.82) is 0 Å². The smallest absolute Gasteiger partial charge is 0.433 e. The molecule has 3 heterocycles. The molecule has 0 aliphatic carbocycles. The zero-order chi connectivity index (χ0) is 21.6. The minimum Gasteiger partial charge on any atom is -0.462 e. The molecule has 0 spiro atoms. The lowest BCUT2D eigenvalue weighted by Gasteiger charge is -2.42. The third-order valence-electron chi connectivity index (χ3n) is 4.55. The fraction of sp³-hybridized carbons (Fsp3) is 0.474. The highest BCUT2D eigenvalue weighted by atomic mass is 32.1. The summed E-state index contributed by atoms with van der Waals surface area (Å²) in [5, 5.41) is 17.4. The van der Waals surface area contributed by atoms with Crippen molar-refractivity contribution in [2.75, 3.05) is 11.9 Å². The zero-order valence-electron chi connectivity index (χ0n) is 16.9. The predicted molar refractivity (Wildman–Crippen MR) is 108 cm³/mol. The molecule has 0 saturated carbocycles. The van der Waals surface area contributed by atoms with E-state index in [1.54, 1.807) is 6.92 Å². The molecule has 0 saturated heterocycles. The summed E-state index contributed by atoms with van der Waals surface area (Å²) in [5.41, 5.74) is 0.476. The number of furan rings is 1. The third-order valence-corrected chi connectivity index (χ3v) is 6.02. The van der Waals surface area contributed by atoms with E-state index in [4.69, 9.17) is 9.15 Å². The molecule has 1 amide bonds. The van der Waals surface area contributed by atoms with Crippen LogP contribution in [0.25, 0.3) is 0 Å². The molecule has 2 aromatic heterocycles. The molecule has 0 radical (unpaired) electrons. The van der Waals surface area contributed by atoms with Crippen molar-refractivity contribution < 1.29 is 23.7 Å². The van der Waals surface area contributed by atoms with Crippen LogP contribution >= 0.6 is 11.3 Å². The number of hydrogen-bond acceptors (Lipinski definition) is 8. The van der Waals surface area contributed by atoms with Crippen LogP contribution < -0.4 is 10.6 Å². The number of nitrogens with one attached hydrogen (secondary N) is 2. The largest absolute Gasteiger partial charge is 0.462 e. The number of fused-ring (bicyclic) bond motifs is 1. The number of nitrogens with zero attached hydrogens (tertiary/aromatic N) is 1. The summed E-state index contributed by atoms with van der Waals surface area (Å²) in [4.78, 5) is 36.3. The van der Waals surface area contributed by atoms with Crippen LogP contribution in [0.3, 0.4) is 0 Å². The number of hydrogen-bond donors (Lipinski definition) is 2. The van der Waals surface area contributed by atoms with E-state index in [0.717, 1.165) is 16.5 Å². The highest BCUT2D eigenvalue weighted by Gasteiger charge is 2.42. The average Bonchev–Trinajstić information content (AvgIpc) is 3.18. The van der Waals surface area contributed by atoms with Crippen LogP contribution in [-0.2, 0) is 16.7 Å².